The number of aryl methyl sites for hydroxylation is 2. The van der Waals surface area contributed by atoms with Gasteiger partial charge in [-0.25, -0.2) is 0 Å². The molecule has 0 aliphatic carbocycles. The van der Waals surface area contributed by atoms with E-state index in [-0.39, 0.29) is 12.5 Å². The molecule has 0 saturated heterocycles. The normalized spacial score (nSPS) is 10.2. The second-order valence-electron chi connectivity index (χ2n) is 4.90. The molecule has 0 aromatic heterocycles. The van der Waals surface area contributed by atoms with Crippen molar-refractivity contribution in [1.29, 1.82) is 0 Å². The van der Waals surface area contributed by atoms with Crippen molar-refractivity contribution in [3.63, 3.8) is 0 Å². The molecule has 3 heteroatoms. The molecule has 3 nitrogen and oxygen atoms in total. The van der Waals surface area contributed by atoms with Crippen LogP contribution in [0.25, 0.3) is 0 Å². The number of nitrogens with one attached hydrogen (secondary N) is 1. The zero-order valence-electron chi connectivity index (χ0n) is 12.1. The standard InChI is InChI=1S/C17H19NO2/c1-12-6-4-8-15(10-12)20-11-17(19)18-16-9-5-7-13(2)14(16)3/h4-10H,11H2,1-3H3,(H,18,19). The zero-order chi connectivity index (χ0) is 14.5. The molecule has 0 radical (unpaired) electrons. The van der Waals surface area contributed by atoms with Crippen LogP contribution in [-0.4, -0.2) is 12.5 Å². The Morgan fingerprint density at radius 3 is 2.60 bits per heavy atom. The molecule has 0 aliphatic rings. The van der Waals surface area contributed by atoms with Crippen LogP contribution in [0.4, 0.5) is 5.69 Å². The summed E-state index contributed by atoms with van der Waals surface area (Å²) >= 11 is 0. The molecule has 0 bridgehead atoms. The maximum absolute atomic E-state index is 11.9. The summed E-state index contributed by atoms with van der Waals surface area (Å²) in [4.78, 5) is 11.9. The molecule has 20 heavy (non-hydrogen) atoms. The lowest BCUT2D eigenvalue weighted by Crippen LogP contribution is -2.20. The largest absolute Gasteiger partial charge is 0.484 e. The van der Waals surface area contributed by atoms with Gasteiger partial charge in [0.1, 0.15) is 5.75 Å². The first-order chi connectivity index (χ1) is 9.56. The predicted molar refractivity (Wildman–Crippen MR) is 81.2 cm³/mol. The van der Waals surface area contributed by atoms with E-state index in [0.717, 1.165) is 22.4 Å². The van der Waals surface area contributed by atoms with E-state index in [4.69, 9.17) is 4.74 Å². The second kappa shape index (κ2) is 6.24. The fourth-order valence-electron chi connectivity index (χ4n) is 1.93. The Morgan fingerprint density at radius 1 is 1.10 bits per heavy atom. The first-order valence-corrected chi connectivity index (χ1v) is 6.62. The van der Waals surface area contributed by atoms with Crippen LogP contribution in [0.5, 0.6) is 5.75 Å². The summed E-state index contributed by atoms with van der Waals surface area (Å²) in [6.07, 6.45) is 0. The first-order valence-electron chi connectivity index (χ1n) is 6.62. The van der Waals surface area contributed by atoms with Crippen molar-refractivity contribution in [2.45, 2.75) is 20.8 Å². The van der Waals surface area contributed by atoms with Crippen molar-refractivity contribution in [3.8, 4) is 5.75 Å². The molecule has 2 aromatic rings. The Labute approximate surface area is 119 Å². The lowest BCUT2D eigenvalue weighted by Gasteiger charge is -2.11. The van der Waals surface area contributed by atoms with Gasteiger partial charge in [-0.2, -0.15) is 0 Å². The third-order valence-corrected chi connectivity index (χ3v) is 3.24. The van der Waals surface area contributed by atoms with Gasteiger partial charge >= 0.3 is 0 Å². The van der Waals surface area contributed by atoms with Crippen molar-refractivity contribution in [3.05, 3.63) is 59.2 Å². The van der Waals surface area contributed by atoms with Crippen LogP contribution in [0.2, 0.25) is 0 Å². The predicted octanol–water partition coefficient (Wildman–Crippen LogP) is 3.63. The molecule has 0 fully saturated rings. The monoisotopic (exact) mass is 269 g/mol. The van der Waals surface area contributed by atoms with Crippen molar-refractivity contribution in [2.24, 2.45) is 0 Å². The van der Waals surface area contributed by atoms with Crippen LogP contribution in [0.1, 0.15) is 16.7 Å². The lowest BCUT2D eigenvalue weighted by atomic mass is 10.1. The molecular weight excluding hydrogens is 250 g/mol. The number of carbonyl (C=O) groups excluding carboxylic acids is 1. The Kier molecular flexibility index (Phi) is 4.41. The molecule has 2 rings (SSSR count). The Morgan fingerprint density at radius 2 is 1.85 bits per heavy atom. The van der Waals surface area contributed by atoms with E-state index in [1.807, 2.05) is 63.2 Å². The quantitative estimate of drug-likeness (QED) is 0.920. The van der Waals surface area contributed by atoms with E-state index in [2.05, 4.69) is 5.32 Å². The van der Waals surface area contributed by atoms with E-state index in [0.29, 0.717) is 5.75 Å². The summed E-state index contributed by atoms with van der Waals surface area (Å²) in [7, 11) is 0. The van der Waals surface area contributed by atoms with Crippen molar-refractivity contribution >= 4 is 11.6 Å². The fraction of sp³-hybridized carbons (Fsp3) is 0.235. The molecule has 2 aromatic carbocycles. The molecule has 0 unspecified atom stereocenters. The van der Waals surface area contributed by atoms with E-state index < -0.39 is 0 Å². The molecule has 0 saturated carbocycles. The summed E-state index contributed by atoms with van der Waals surface area (Å²) in [5.41, 5.74) is 4.18. The van der Waals surface area contributed by atoms with Gasteiger partial charge in [-0.15, -0.1) is 0 Å². The number of hydrogen-bond donors (Lipinski definition) is 1. The SMILES string of the molecule is Cc1cccc(OCC(=O)Nc2cccc(C)c2C)c1. The average Bonchev–Trinajstić information content (AvgIpc) is 2.42. The molecule has 0 aliphatic heterocycles. The van der Waals surface area contributed by atoms with Gasteiger partial charge in [0.2, 0.25) is 0 Å². The maximum Gasteiger partial charge on any atom is 0.262 e. The minimum atomic E-state index is -0.153. The van der Waals surface area contributed by atoms with Crippen molar-refractivity contribution in [2.75, 3.05) is 11.9 Å². The fourth-order valence-corrected chi connectivity index (χ4v) is 1.93. The molecule has 1 N–H and O–H groups in total. The Balaban J connectivity index is 1.94. The molecule has 0 spiro atoms. The minimum absolute atomic E-state index is 0.0107. The second-order valence-corrected chi connectivity index (χ2v) is 4.90. The van der Waals surface area contributed by atoms with Gasteiger partial charge in [-0.3, -0.25) is 4.79 Å². The van der Waals surface area contributed by atoms with E-state index in [9.17, 15) is 4.79 Å². The van der Waals surface area contributed by atoms with E-state index >= 15 is 0 Å². The van der Waals surface area contributed by atoms with Crippen molar-refractivity contribution in [1.82, 2.24) is 0 Å². The molecule has 0 atom stereocenters. The summed E-state index contributed by atoms with van der Waals surface area (Å²) in [6.45, 7) is 6.01. The third-order valence-electron chi connectivity index (χ3n) is 3.24. The summed E-state index contributed by atoms with van der Waals surface area (Å²) in [5.74, 6) is 0.557. The number of ether oxygens (including phenoxy) is 1. The number of rotatable bonds is 4. The van der Waals surface area contributed by atoms with Crippen LogP contribution in [-0.2, 0) is 4.79 Å². The van der Waals surface area contributed by atoms with Gasteiger partial charge in [0.15, 0.2) is 6.61 Å². The number of hydrogen-bond acceptors (Lipinski definition) is 2. The number of benzene rings is 2. The lowest BCUT2D eigenvalue weighted by molar-refractivity contribution is -0.118. The van der Waals surface area contributed by atoms with Crippen LogP contribution in [0.3, 0.4) is 0 Å². The average molecular weight is 269 g/mol. The van der Waals surface area contributed by atoms with Gasteiger partial charge in [-0.1, -0.05) is 24.3 Å². The Bertz CT molecular complexity index is 620. The van der Waals surface area contributed by atoms with Gasteiger partial charge in [0.25, 0.3) is 5.91 Å². The minimum Gasteiger partial charge on any atom is -0.484 e. The zero-order valence-corrected chi connectivity index (χ0v) is 12.1. The van der Waals surface area contributed by atoms with E-state index in [1.54, 1.807) is 0 Å². The van der Waals surface area contributed by atoms with Crippen molar-refractivity contribution < 1.29 is 9.53 Å². The number of amides is 1. The highest BCUT2D eigenvalue weighted by Crippen LogP contribution is 2.18. The number of anilines is 1. The van der Waals surface area contributed by atoms with Gasteiger partial charge in [0.05, 0.1) is 0 Å². The molecule has 0 heterocycles. The maximum atomic E-state index is 11.9. The summed E-state index contributed by atoms with van der Waals surface area (Å²) in [6, 6.07) is 13.5. The first kappa shape index (κ1) is 14.1. The van der Waals surface area contributed by atoms with Gasteiger partial charge in [0, 0.05) is 5.69 Å². The summed E-state index contributed by atoms with van der Waals surface area (Å²) in [5, 5.41) is 2.87. The molecular formula is C17H19NO2. The smallest absolute Gasteiger partial charge is 0.262 e. The van der Waals surface area contributed by atoms with E-state index in [1.165, 1.54) is 0 Å². The number of carbonyl (C=O) groups is 1. The summed E-state index contributed by atoms with van der Waals surface area (Å²) < 4.78 is 5.48. The van der Waals surface area contributed by atoms with Gasteiger partial charge in [-0.05, 0) is 55.7 Å². The highest BCUT2D eigenvalue weighted by Gasteiger charge is 2.06. The van der Waals surface area contributed by atoms with Crippen LogP contribution < -0.4 is 10.1 Å². The van der Waals surface area contributed by atoms with Gasteiger partial charge < -0.3 is 10.1 Å². The van der Waals surface area contributed by atoms with Crippen LogP contribution in [0, 0.1) is 20.8 Å². The van der Waals surface area contributed by atoms with Crippen LogP contribution in [0.15, 0.2) is 42.5 Å². The highest BCUT2D eigenvalue weighted by molar-refractivity contribution is 5.92. The molecule has 104 valence electrons. The Hall–Kier alpha value is -2.29. The highest BCUT2D eigenvalue weighted by atomic mass is 16.5. The molecule has 1 amide bonds. The topological polar surface area (TPSA) is 38.3 Å². The van der Waals surface area contributed by atoms with Crippen LogP contribution >= 0.6 is 0 Å². The third kappa shape index (κ3) is 3.60.